The third-order valence-corrected chi connectivity index (χ3v) is 5.57. The van der Waals surface area contributed by atoms with Gasteiger partial charge in [0.25, 0.3) is 0 Å². The molecule has 1 heterocycles. The molecule has 2 aliphatic rings. The fraction of sp³-hybridized carbons (Fsp3) is 0.818. The first-order valence-electron chi connectivity index (χ1n) is 6.04. The summed E-state index contributed by atoms with van der Waals surface area (Å²) in [6.45, 7) is 0.153. The molecule has 6 nitrogen and oxygen atoms in total. The summed E-state index contributed by atoms with van der Waals surface area (Å²) in [6.07, 6.45) is 1.90. The van der Waals surface area contributed by atoms with E-state index >= 15 is 0 Å². The van der Waals surface area contributed by atoms with Gasteiger partial charge in [0.2, 0.25) is 5.91 Å². The van der Waals surface area contributed by atoms with E-state index in [1.54, 1.807) is 0 Å². The monoisotopic (exact) mass is 275 g/mol. The van der Waals surface area contributed by atoms with E-state index < -0.39 is 21.2 Å². The maximum atomic E-state index is 11.6. The molecule has 0 aromatic carbocycles. The summed E-state index contributed by atoms with van der Waals surface area (Å²) in [7, 11) is -2.96. The molecular weight excluding hydrogens is 258 g/mol. The number of sulfone groups is 1. The molecule has 1 saturated carbocycles. The Labute approximate surface area is 106 Å². The Morgan fingerprint density at radius 2 is 2.00 bits per heavy atom. The highest BCUT2D eigenvalue weighted by molar-refractivity contribution is 7.91. The number of carbonyl (C=O) groups is 2. The number of aliphatic carboxylic acids is 1. The van der Waals surface area contributed by atoms with E-state index in [0.717, 1.165) is 0 Å². The van der Waals surface area contributed by atoms with Crippen LogP contribution in [0.4, 0.5) is 0 Å². The summed E-state index contributed by atoms with van der Waals surface area (Å²) in [5, 5.41) is 11.5. The molecule has 1 amide bonds. The van der Waals surface area contributed by atoms with Crippen LogP contribution >= 0.6 is 0 Å². The van der Waals surface area contributed by atoms with Gasteiger partial charge in [0, 0.05) is 13.0 Å². The molecule has 102 valence electrons. The zero-order chi connectivity index (χ0) is 13.4. The highest BCUT2D eigenvalue weighted by Crippen LogP contribution is 2.45. The summed E-state index contributed by atoms with van der Waals surface area (Å²) >= 11 is 0. The Morgan fingerprint density at radius 1 is 1.33 bits per heavy atom. The van der Waals surface area contributed by atoms with Gasteiger partial charge in [-0.3, -0.25) is 9.59 Å². The largest absolute Gasteiger partial charge is 0.481 e. The van der Waals surface area contributed by atoms with Crippen LogP contribution in [-0.4, -0.2) is 43.5 Å². The van der Waals surface area contributed by atoms with Crippen molar-refractivity contribution in [3.05, 3.63) is 0 Å². The highest BCUT2D eigenvalue weighted by Gasteiger charge is 2.50. The third kappa shape index (κ3) is 3.01. The quantitative estimate of drug-likeness (QED) is 0.723. The number of hydrogen-bond acceptors (Lipinski definition) is 4. The van der Waals surface area contributed by atoms with Crippen LogP contribution in [0.25, 0.3) is 0 Å². The van der Waals surface area contributed by atoms with Crippen molar-refractivity contribution in [2.45, 2.75) is 25.7 Å². The molecule has 7 heteroatoms. The molecule has 0 aromatic rings. The molecule has 2 N–H and O–H groups in total. The van der Waals surface area contributed by atoms with Crippen molar-refractivity contribution in [2.75, 3.05) is 18.1 Å². The Hall–Kier alpha value is -1.11. The molecule has 1 aliphatic heterocycles. The molecule has 0 aromatic heterocycles. The minimum absolute atomic E-state index is 0.0739. The van der Waals surface area contributed by atoms with Crippen molar-refractivity contribution in [1.82, 2.24) is 5.32 Å². The number of nitrogens with one attached hydrogen (secondary N) is 1. The summed E-state index contributed by atoms with van der Waals surface area (Å²) in [6, 6.07) is 0. The van der Waals surface area contributed by atoms with Gasteiger partial charge in [0.1, 0.15) is 0 Å². The van der Waals surface area contributed by atoms with Crippen molar-refractivity contribution < 1.29 is 23.1 Å². The first-order chi connectivity index (χ1) is 8.33. The Kier molecular flexibility index (Phi) is 3.35. The van der Waals surface area contributed by atoms with Crippen molar-refractivity contribution in [2.24, 2.45) is 11.3 Å². The van der Waals surface area contributed by atoms with E-state index in [2.05, 4.69) is 5.32 Å². The van der Waals surface area contributed by atoms with Gasteiger partial charge in [0.15, 0.2) is 9.84 Å². The van der Waals surface area contributed by atoms with Crippen LogP contribution in [0, 0.1) is 11.3 Å². The number of carboxylic acids is 1. The van der Waals surface area contributed by atoms with Gasteiger partial charge in [-0.2, -0.15) is 0 Å². The molecule has 1 unspecified atom stereocenters. The molecule has 18 heavy (non-hydrogen) atoms. The fourth-order valence-corrected chi connectivity index (χ4v) is 4.11. The molecule has 2 rings (SSSR count). The SMILES string of the molecule is O=C(CC1CCS(=O)(=O)C1)NCC1(C(=O)O)CC1. The second-order valence-corrected chi connectivity index (χ2v) is 7.56. The smallest absolute Gasteiger partial charge is 0.311 e. The molecule has 2 fully saturated rings. The normalized spacial score (nSPS) is 27.7. The van der Waals surface area contributed by atoms with Crippen LogP contribution in [0.3, 0.4) is 0 Å². The van der Waals surface area contributed by atoms with Crippen molar-refractivity contribution in [3.63, 3.8) is 0 Å². The molecule has 1 saturated heterocycles. The summed E-state index contributed by atoms with van der Waals surface area (Å²) in [4.78, 5) is 22.5. The van der Waals surface area contributed by atoms with Crippen LogP contribution in [0.1, 0.15) is 25.7 Å². The van der Waals surface area contributed by atoms with Crippen LogP contribution in [-0.2, 0) is 19.4 Å². The maximum Gasteiger partial charge on any atom is 0.311 e. The Balaban J connectivity index is 1.75. The van der Waals surface area contributed by atoms with E-state index in [1.165, 1.54) is 0 Å². The van der Waals surface area contributed by atoms with Gasteiger partial charge in [0.05, 0.1) is 16.9 Å². The Morgan fingerprint density at radius 3 is 2.44 bits per heavy atom. The minimum atomic E-state index is -2.96. The van der Waals surface area contributed by atoms with Crippen molar-refractivity contribution in [1.29, 1.82) is 0 Å². The van der Waals surface area contributed by atoms with Gasteiger partial charge in [-0.25, -0.2) is 8.42 Å². The number of rotatable bonds is 5. The van der Waals surface area contributed by atoms with Gasteiger partial charge in [-0.15, -0.1) is 0 Å². The van der Waals surface area contributed by atoms with Gasteiger partial charge in [-0.05, 0) is 25.2 Å². The van der Waals surface area contributed by atoms with Crippen molar-refractivity contribution >= 4 is 21.7 Å². The predicted octanol–water partition coefficient (Wildman–Crippen LogP) is -0.208. The van der Waals surface area contributed by atoms with Gasteiger partial charge < -0.3 is 10.4 Å². The zero-order valence-corrected chi connectivity index (χ0v) is 10.8. The lowest BCUT2D eigenvalue weighted by Crippen LogP contribution is -2.35. The Bertz CT molecular complexity index is 466. The average molecular weight is 275 g/mol. The first-order valence-corrected chi connectivity index (χ1v) is 7.86. The van der Waals surface area contributed by atoms with Gasteiger partial charge in [-0.1, -0.05) is 0 Å². The van der Waals surface area contributed by atoms with Crippen molar-refractivity contribution in [3.8, 4) is 0 Å². The number of amides is 1. The van der Waals surface area contributed by atoms with Crippen LogP contribution in [0.2, 0.25) is 0 Å². The minimum Gasteiger partial charge on any atom is -0.481 e. The van der Waals surface area contributed by atoms with E-state index in [4.69, 9.17) is 5.11 Å². The van der Waals surface area contributed by atoms with Crippen LogP contribution in [0.5, 0.6) is 0 Å². The topological polar surface area (TPSA) is 101 Å². The number of carbonyl (C=O) groups excluding carboxylic acids is 1. The fourth-order valence-electron chi connectivity index (χ4n) is 2.25. The molecule has 1 atom stereocenters. The van der Waals surface area contributed by atoms with E-state index in [0.29, 0.717) is 19.3 Å². The molecule has 0 bridgehead atoms. The van der Waals surface area contributed by atoms with E-state index in [1.807, 2.05) is 0 Å². The van der Waals surface area contributed by atoms with Gasteiger partial charge >= 0.3 is 5.97 Å². The maximum absolute atomic E-state index is 11.6. The highest BCUT2D eigenvalue weighted by atomic mass is 32.2. The standard InChI is InChI=1S/C11H17NO5S/c13-9(5-8-1-4-18(16,17)6-8)12-7-11(2-3-11)10(14)15/h8H,1-7H2,(H,12,13)(H,14,15). The van der Waals surface area contributed by atoms with E-state index in [-0.39, 0.29) is 36.3 Å². The summed E-state index contributed by atoms with van der Waals surface area (Å²) in [5.41, 5.74) is -0.766. The second-order valence-electron chi connectivity index (χ2n) is 5.34. The number of hydrogen-bond donors (Lipinski definition) is 2. The second kappa shape index (κ2) is 4.53. The third-order valence-electron chi connectivity index (χ3n) is 3.73. The molecular formula is C11H17NO5S. The predicted molar refractivity (Wildman–Crippen MR) is 63.7 cm³/mol. The van der Waals surface area contributed by atoms with Crippen LogP contribution in [0.15, 0.2) is 0 Å². The average Bonchev–Trinajstić information content (AvgIpc) is 2.98. The lowest BCUT2D eigenvalue weighted by Gasteiger charge is -2.12. The molecule has 1 aliphatic carbocycles. The van der Waals surface area contributed by atoms with E-state index in [9.17, 15) is 18.0 Å². The lowest BCUT2D eigenvalue weighted by molar-refractivity contribution is -0.143. The summed E-state index contributed by atoms with van der Waals surface area (Å²) < 4.78 is 22.5. The first kappa shape index (κ1) is 13.3. The van der Waals surface area contributed by atoms with Crippen LogP contribution < -0.4 is 5.32 Å². The molecule has 0 radical (unpaired) electrons. The summed E-state index contributed by atoms with van der Waals surface area (Å²) in [5.74, 6) is -1.00. The number of carboxylic acid groups (broad SMARTS) is 1. The molecule has 0 spiro atoms. The lowest BCUT2D eigenvalue weighted by atomic mass is 10.0. The zero-order valence-electron chi connectivity index (χ0n) is 10.0.